The standard InChI is InChI=1S/C11H23NO/c1-4-10(2,3)11(12)7-5-9(13)6-8-11/h9,13H,4-8,12H2,1-3H3. The second-order valence-electron chi connectivity index (χ2n) is 5.12. The topological polar surface area (TPSA) is 46.2 Å². The van der Waals surface area contributed by atoms with Crippen LogP contribution in [0.1, 0.15) is 52.9 Å². The van der Waals surface area contributed by atoms with E-state index in [4.69, 9.17) is 5.73 Å². The summed E-state index contributed by atoms with van der Waals surface area (Å²) in [7, 11) is 0. The quantitative estimate of drug-likeness (QED) is 0.691. The van der Waals surface area contributed by atoms with Gasteiger partial charge >= 0.3 is 0 Å². The third-order valence-corrected chi connectivity index (χ3v) is 4.08. The van der Waals surface area contributed by atoms with Crippen LogP contribution in [0.25, 0.3) is 0 Å². The highest BCUT2D eigenvalue weighted by atomic mass is 16.3. The normalized spacial score (nSPS) is 36.2. The summed E-state index contributed by atoms with van der Waals surface area (Å²) in [5.41, 5.74) is 6.55. The van der Waals surface area contributed by atoms with Crippen molar-refractivity contribution in [2.24, 2.45) is 11.1 Å². The Morgan fingerprint density at radius 3 is 2.23 bits per heavy atom. The average Bonchev–Trinajstić information content (AvgIpc) is 2.10. The molecule has 0 radical (unpaired) electrons. The molecule has 0 bridgehead atoms. The van der Waals surface area contributed by atoms with Gasteiger partial charge in [0.05, 0.1) is 6.10 Å². The van der Waals surface area contributed by atoms with Crippen molar-refractivity contribution in [3.8, 4) is 0 Å². The first-order chi connectivity index (χ1) is 5.91. The van der Waals surface area contributed by atoms with Gasteiger partial charge in [0.1, 0.15) is 0 Å². The van der Waals surface area contributed by atoms with Gasteiger partial charge in [-0.15, -0.1) is 0 Å². The largest absolute Gasteiger partial charge is 0.393 e. The molecule has 1 aliphatic rings. The fourth-order valence-electron chi connectivity index (χ4n) is 2.15. The zero-order chi connectivity index (χ0) is 10.1. The van der Waals surface area contributed by atoms with Crippen LogP contribution in [0.2, 0.25) is 0 Å². The molecule has 1 rings (SSSR count). The van der Waals surface area contributed by atoms with Crippen LogP contribution in [0, 0.1) is 5.41 Å². The molecule has 2 heteroatoms. The van der Waals surface area contributed by atoms with Crippen molar-refractivity contribution >= 4 is 0 Å². The van der Waals surface area contributed by atoms with Crippen molar-refractivity contribution in [2.75, 3.05) is 0 Å². The predicted octanol–water partition coefficient (Wildman–Crippen LogP) is 2.05. The number of aliphatic hydroxyl groups is 1. The molecule has 1 fully saturated rings. The molecule has 0 aromatic heterocycles. The van der Waals surface area contributed by atoms with Crippen LogP contribution in [0.4, 0.5) is 0 Å². The fourth-order valence-corrected chi connectivity index (χ4v) is 2.15. The number of hydrogen-bond donors (Lipinski definition) is 2. The van der Waals surface area contributed by atoms with Crippen LogP contribution in [0.5, 0.6) is 0 Å². The molecule has 0 saturated heterocycles. The third-order valence-electron chi connectivity index (χ3n) is 4.08. The maximum atomic E-state index is 9.42. The van der Waals surface area contributed by atoms with Crippen molar-refractivity contribution < 1.29 is 5.11 Å². The highest BCUT2D eigenvalue weighted by molar-refractivity contribution is 4.99. The molecule has 3 N–H and O–H groups in total. The monoisotopic (exact) mass is 185 g/mol. The summed E-state index contributed by atoms with van der Waals surface area (Å²) < 4.78 is 0. The Hall–Kier alpha value is -0.0800. The molecule has 0 amide bonds. The van der Waals surface area contributed by atoms with E-state index in [0.717, 1.165) is 32.1 Å². The zero-order valence-corrected chi connectivity index (χ0v) is 9.14. The Kier molecular flexibility index (Phi) is 3.03. The van der Waals surface area contributed by atoms with E-state index in [1.807, 2.05) is 0 Å². The molecule has 0 spiro atoms. The van der Waals surface area contributed by atoms with Crippen LogP contribution < -0.4 is 5.73 Å². The first-order valence-corrected chi connectivity index (χ1v) is 5.38. The van der Waals surface area contributed by atoms with Crippen molar-refractivity contribution in [1.29, 1.82) is 0 Å². The summed E-state index contributed by atoms with van der Waals surface area (Å²) in [6, 6.07) is 0. The summed E-state index contributed by atoms with van der Waals surface area (Å²) in [6.07, 6.45) is 4.69. The molecule has 2 nitrogen and oxygen atoms in total. The molecule has 0 aromatic rings. The zero-order valence-electron chi connectivity index (χ0n) is 9.14. The van der Waals surface area contributed by atoms with E-state index < -0.39 is 0 Å². The molecule has 0 atom stereocenters. The van der Waals surface area contributed by atoms with E-state index in [1.54, 1.807) is 0 Å². The lowest BCUT2D eigenvalue weighted by Gasteiger charge is -2.47. The van der Waals surface area contributed by atoms with Gasteiger partial charge in [0.25, 0.3) is 0 Å². The van der Waals surface area contributed by atoms with Crippen molar-refractivity contribution in [2.45, 2.75) is 64.5 Å². The minimum absolute atomic E-state index is 0.0546. The van der Waals surface area contributed by atoms with Crippen LogP contribution in [0.3, 0.4) is 0 Å². The molecule has 13 heavy (non-hydrogen) atoms. The second-order valence-corrected chi connectivity index (χ2v) is 5.12. The van der Waals surface area contributed by atoms with Crippen LogP contribution >= 0.6 is 0 Å². The second kappa shape index (κ2) is 3.58. The number of nitrogens with two attached hydrogens (primary N) is 1. The maximum absolute atomic E-state index is 9.42. The maximum Gasteiger partial charge on any atom is 0.0541 e. The van der Waals surface area contributed by atoms with E-state index in [9.17, 15) is 5.11 Å². The van der Waals surface area contributed by atoms with Crippen molar-refractivity contribution in [3.05, 3.63) is 0 Å². The lowest BCUT2D eigenvalue weighted by Crippen LogP contribution is -2.55. The summed E-state index contributed by atoms with van der Waals surface area (Å²) >= 11 is 0. The predicted molar refractivity (Wildman–Crippen MR) is 55.5 cm³/mol. The lowest BCUT2D eigenvalue weighted by molar-refractivity contribution is 0.0418. The minimum atomic E-state index is -0.107. The first-order valence-electron chi connectivity index (χ1n) is 5.38. The van der Waals surface area contributed by atoms with E-state index in [-0.39, 0.29) is 17.1 Å². The highest BCUT2D eigenvalue weighted by Gasteiger charge is 2.42. The minimum Gasteiger partial charge on any atom is -0.393 e. The van der Waals surface area contributed by atoms with Gasteiger partial charge < -0.3 is 10.8 Å². The Bertz CT molecular complexity index is 169. The summed E-state index contributed by atoms with van der Waals surface area (Å²) in [5, 5.41) is 9.42. The molecule has 0 aliphatic heterocycles. The first kappa shape index (κ1) is 11.0. The third kappa shape index (κ3) is 2.05. The number of hydrogen-bond acceptors (Lipinski definition) is 2. The average molecular weight is 185 g/mol. The van der Waals surface area contributed by atoms with Gasteiger partial charge in [0.2, 0.25) is 0 Å². The number of aliphatic hydroxyl groups excluding tert-OH is 1. The molecule has 0 unspecified atom stereocenters. The molecular formula is C11H23NO. The van der Waals surface area contributed by atoms with Gasteiger partial charge in [-0.25, -0.2) is 0 Å². The smallest absolute Gasteiger partial charge is 0.0541 e. The van der Waals surface area contributed by atoms with Crippen LogP contribution in [-0.2, 0) is 0 Å². The SMILES string of the molecule is CCC(C)(C)C1(N)CCC(O)CC1. The van der Waals surface area contributed by atoms with E-state index in [2.05, 4.69) is 20.8 Å². The van der Waals surface area contributed by atoms with E-state index >= 15 is 0 Å². The summed E-state index contributed by atoms with van der Waals surface area (Å²) in [6.45, 7) is 6.68. The van der Waals surface area contributed by atoms with Gasteiger partial charge in [-0.1, -0.05) is 20.8 Å². The van der Waals surface area contributed by atoms with Gasteiger partial charge in [-0.05, 0) is 37.5 Å². The van der Waals surface area contributed by atoms with Gasteiger partial charge in [-0.3, -0.25) is 0 Å². The van der Waals surface area contributed by atoms with Crippen molar-refractivity contribution in [3.63, 3.8) is 0 Å². The van der Waals surface area contributed by atoms with Crippen LogP contribution in [-0.4, -0.2) is 16.7 Å². The molecule has 1 saturated carbocycles. The van der Waals surface area contributed by atoms with Crippen molar-refractivity contribution in [1.82, 2.24) is 0 Å². The molecular weight excluding hydrogens is 162 g/mol. The number of rotatable bonds is 2. The van der Waals surface area contributed by atoms with Crippen LogP contribution in [0.15, 0.2) is 0 Å². The van der Waals surface area contributed by atoms with E-state index in [0.29, 0.717) is 0 Å². The summed E-state index contributed by atoms with van der Waals surface area (Å²) in [5.74, 6) is 0. The van der Waals surface area contributed by atoms with Gasteiger partial charge in [-0.2, -0.15) is 0 Å². The van der Waals surface area contributed by atoms with Gasteiger partial charge in [0, 0.05) is 5.54 Å². The van der Waals surface area contributed by atoms with E-state index in [1.165, 1.54) is 0 Å². The Labute approximate surface area is 81.5 Å². The molecule has 78 valence electrons. The molecule has 0 aromatic carbocycles. The lowest BCUT2D eigenvalue weighted by atomic mass is 9.63. The Morgan fingerprint density at radius 1 is 1.38 bits per heavy atom. The molecule has 0 heterocycles. The Balaban J connectivity index is 2.66. The molecule has 1 aliphatic carbocycles. The Morgan fingerprint density at radius 2 is 1.85 bits per heavy atom. The fraction of sp³-hybridized carbons (Fsp3) is 1.00. The highest BCUT2D eigenvalue weighted by Crippen LogP contribution is 2.42. The summed E-state index contributed by atoms with van der Waals surface area (Å²) in [4.78, 5) is 0. The van der Waals surface area contributed by atoms with Gasteiger partial charge in [0.15, 0.2) is 0 Å².